The molecule has 3 nitrogen and oxygen atoms in total. The van der Waals surface area contributed by atoms with Gasteiger partial charge >= 0.3 is 26.2 Å². The summed E-state index contributed by atoms with van der Waals surface area (Å²) in [5.74, 6) is 0.642. The molecule has 0 saturated carbocycles. The number of hydrogen-bond acceptors (Lipinski definition) is 4. The SMILES string of the molecule is Cc1cc(-c2ccccc2-c2csc(-c3ccccc3-c3cc(C)cc(C(C)(C)C)c3O)n2)c(O)c(C(C)(C)C)c1.[CH3-].[CH3-].[Zr+2]. The van der Waals surface area contributed by atoms with Crippen LogP contribution in [-0.2, 0) is 37.0 Å². The fourth-order valence-electron chi connectivity index (χ4n) is 5.48. The van der Waals surface area contributed by atoms with Crippen molar-refractivity contribution in [2.45, 2.75) is 66.2 Å². The summed E-state index contributed by atoms with van der Waals surface area (Å²) in [6.45, 7) is 16.9. The maximum atomic E-state index is 11.4. The zero-order valence-corrected chi connectivity index (χ0v) is 31.0. The van der Waals surface area contributed by atoms with Crippen LogP contribution in [0.4, 0.5) is 0 Å². The van der Waals surface area contributed by atoms with Crippen LogP contribution in [0.15, 0.2) is 78.2 Å². The van der Waals surface area contributed by atoms with Crippen molar-refractivity contribution in [2.24, 2.45) is 0 Å². The molecule has 0 amide bonds. The second kappa shape index (κ2) is 14.0. The number of aromatic nitrogens is 1. The quantitative estimate of drug-likeness (QED) is 0.186. The third-order valence-electron chi connectivity index (χ3n) is 7.57. The number of phenolic OH excluding ortho intramolecular Hbond substituents is 2. The van der Waals surface area contributed by atoms with Gasteiger partial charge in [-0.15, -0.1) is 11.3 Å². The minimum atomic E-state index is -0.189. The number of thiazole rings is 1. The van der Waals surface area contributed by atoms with Crippen LogP contribution < -0.4 is 0 Å². The number of aromatic hydroxyl groups is 2. The molecule has 2 N–H and O–H groups in total. The van der Waals surface area contributed by atoms with Crippen molar-refractivity contribution in [2.75, 3.05) is 0 Å². The molecule has 5 rings (SSSR count). The number of hydrogen-bond donors (Lipinski definition) is 2. The number of phenols is 2. The Morgan fingerprint density at radius 1 is 0.568 bits per heavy atom. The maximum Gasteiger partial charge on any atom is 2.00 e. The second-order valence-electron chi connectivity index (χ2n) is 13.0. The first kappa shape index (κ1) is 37.2. The van der Waals surface area contributed by atoms with Gasteiger partial charge in [-0.3, -0.25) is 0 Å². The smallest absolute Gasteiger partial charge is 0.507 e. The standard InChI is InChI=1S/C37H39NO2S.2CH3.Zr/c1-22-17-28(33(39)30(19-22)36(3,4)5)24-13-9-11-15-26(24)32-21-41-35(38-32)27-16-12-10-14-25(27)29-18-23(2)20-31(34(29)40)37(6,7)8;;;/h9-21,39-40H,1-8H3;2*1H3;/q;2*-1;+2. The van der Waals surface area contributed by atoms with Crippen LogP contribution in [0.5, 0.6) is 11.5 Å². The van der Waals surface area contributed by atoms with Crippen molar-refractivity contribution in [3.63, 3.8) is 0 Å². The van der Waals surface area contributed by atoms with E-state index in [0.29, 0.717) is 11.5 Å². The number of rotatable bonds is 4. The van der Waals surface area contributed by atoms with Crippen LogP contribution in [0.1, 0.15) is 63.8 Å². The van der Waals surface area contributed by atoms with Gasteiger partial charge in [0.25, 0.3) is 0 Å². The molecule has 1 aromatic heterocycles. The fraction of sp³-hybridized carbons (Fsp3) is 0.256. The van der Waals surface area contributed by atoms with Gasteiger partial charge in [0.2, 0.25) is 0 Å². The number of nitrogens with zero attached hydrogens (tertiary/aromatic N) is 1. The predicted molar refractivity (Wildman–Crippen MR) is 187 cm³/mol. The third kappa shape index (κ3) is 7.27. The summed E-state index contributed by atoms with van der Waals surface area (Å²) < 4.78 is 0. The van der Waals surface area contributed by atoms with Gasteiger partial charge in [-0.25, -0.2) is 4.98 Å². The van der Waals surface area contributed by atoms with Crippen molar-refractivity contribution in [1.29, 1.82) is 0 Å². The summed E-state index contributed by atoms with van der Waals surface area (Å²) in [5.41, 5.74) is 10.1. The van der Waals surface area contributed by atoms with E-state index >= 15 is 0 Å². The summed E-state index contributed by atoms with van der Waals surface area (Å²) in [4.78, 5) is 5.12. The van der Waals surface area contributed by atoms with Gasteiger partial charge in [0.1, 0.15) is 16.5 Å². The molecular formula is C39H45NO2SZr. The molecule has 0 aliphatic carbocycles. The van der Waals surface area contributed by atoms with Crippen molar-refractivity contribution in [3.05, 3.63) is 115 Å². The van der Waals surface area contributed by atoms with E-state index in [0.717, 1.165) is 66.3 Å². The minimum Gasteiger partial charge on any atom is -0.507 e. The topological polar surface area (TPSA) is 53.4 Å². The molecule has 0 aliphatic heterocycles. The summed E-state index contributed by atoms with van der Waals surface area (Å²) >= 11 is 1.59. The molecule has 5 aromatic rings. The zero-order chi connectivity index (χ0) is 29.7. The molecule has 0 fully saturated rings. The summed E-state index contributed by atoms with van der Waals surface area (Å²) in [7, 11) is 0. The summed E-state index contributed by atoms with van der Waals surface area (Å²) in [5, 5.41) is 25.8. The summed E-state index contributed by atoms with van der Waals surface area (Å²) in [6, 6.07) is 24.6. The van der Waals surface area contributed by atoms with E-state index in [9.17, 15) is 10.2 Å². The average molecular weight is 683 g/mol. The molecule has 4 aromatic carbocycles. The Bertz CT molecular complexity index is 1630. The van der Waals surface area contributed by atoms with Crippen LogP contribution in [0.25, 0.3) is 44.1 Å². The fourth-order valence-corrected chi connectivity index (χ4v) is 6.34. The van der Waals surface area contributed by atoms with Gasteiger partial charge in [-0.05, 0) is 59.1 Å². The van der Waals surface area contributed by atoms with E-state index in [1.165, 1.54) is 0 Å². The molecule has 0 saturated heterocycles. The maximum absolute atomic E-state index is 11.4. The van der Waals surface area contributed by atoms with E-state index in [4.69, 9.17) is 4.98 Å². The van der Waals surface area contributed by atoms with Gasteiger partial charge in [0, 0.05) is 38.8 Å². The van der Waals surface area contributed by atoms with Crippen molar-refractivity contribution >= 4 is 11.3 Å². The molecule has 0 atom stereocenters. The Labute approximate surface area is 288 Å². The summed E-state index contributed by atoms with van der Waals surface area (Å²) in [6.07, 6.45) is 0. The molecule has 44 heavy (non-hydrogen) atoms. The molecular weight excluding hydrogens is 638 g/mol. The monoisotopic (exact) mass is 681 g/mol. The number of aryl methyl sites for hydroxylation is 2. The van der Waals surface area contributed by atoms with Crippen LogP contribution in [0, 0.1) is 28.7 Å². The van der Waals surface area contributed by atoms with E-state index in [1.54, 1.807) is 11.3 Å². The van der Waals surface area contributed by atoms with Crippen molar-refractivity contribution in [1.82, 2.24) is 4.98 Å². The van der Waals surface area contributed by atoms with Gasteiger partial charge < -0.3 is 25.1 Å². The van der Waals surface area contributed by atoms with Crippen molar-refractivity contribution < 1.29 is 36.4 Å². The van der Waals surface area contributed by atoms with Crippen LogP contribution in [-0.4, -0.2) is 15.2 Å². The Hall–Kier alpha value is -3.01. The Morgan fingerprint density at radius 2 is 0.955 bits per heavy atom. The first-order valence-corrected chi connectivity index (χ1v) is 15.0. The predicted octanol–water partition coefficient (Wildman–Crippen LogP) is 11.3. The molecule has 5 heteroatoms. The van der Waals surface area contributed by atoms with E-state index in [-0.39, 0.29) is 51.9 Å². The first-order chi connectivity index (χ1) is 19.3. The van der Waals surface area contributed by atoms with Crippen LogP contribution in [0.3, 0.4) is 0 Å². The first-order valence-electron chi connectivity index (χ1n) is 14.1. The molecule has 1 heterocycles. The van der Waals surface area contributed by atoms with Gasteiger partial charge in [0.05, 0.1) is 5.69 Å². The molecule has 228 valence electrons. The molecule has 0 unspecified atom stereocenters. The largest absolute Gasteiger partial charge is 2.00 e. The number of benzene rings is 4. The van der Waals surface area contributed by atoms with E-state index in [2.05, 4.69) is 109 Å². The van der Waals surface area contributed by atoms with Gasteiger partial charge in [-0.1, -0.05) is 102 Å². The minimum absolute atomic E-state index is 0. The molecule has 0 aliphatic rings. The zero-order valence-electron chi connectivity index (χ0n) is 27.8. The van der Waals surface area contributed by atoms with Crippen LogP contribution >= 0.6 is 11.3 Å². The Morgan fingerprint density at radius 3 is 1.39 bits per heavy atom. The van der Waals surface area contributed by atoms with Crippen LogP contribution in [0.2, 0.25) is 0 Å². The van der Waals surface area contributed by atoms with Gasteiger partial charge in [-0.2, -0.15) is 0 Å². The molecule has 0 bridgehead atoms. The molecule has 0 spiro atoms. The van der Waals surface area contributed by atoms with Crippen molar-refractivity contribution in [3.8, 4) is 55.6 Å². The third-order valence-corrected chi connectivity index (χ3v) is 8.45. The van der Waals surface area contributed by atoms with E-state index in [1.807, 2.05) is 24.3 Å². The van der Waals surface area contributed by atoms with E-state index < -0.39 is 0 Å². The normalized spacial score (nSPS) is 11.3. The second-order valence-corrected chi connectivity index (χ2v) is 13.9. The Balaban J connectivity index is 0.00000225. The average Bonchev–Trinajstić information content (AvgIpc) is 3.40. The van der Waals surface area contributed by atoms with Gasteiger partial charge in [0.15, 0.2) is 0 Å². The molecule has 0 radical (unpaired) electrons. The Kier molecular flexibility index (Phi) is 11.8.